The minimum Gasteiger partial charge on any atom is -0.294 e. The number of carbonyl (C=O) groups is 1. The van der Waals surface area contributed by atoms with E-state index in [9.17, 15) is 4.79 Å². The van der Waals surface area contributed by atoms with Crippen molar-refractivity contribution in [2.75, 3.05) is 0 Å². The first-order valence-corrected chi connectivity index (χ1v) is 5.03. The largest absolute Gasteiger partial charge is 0.294 e. The maximum atomic E-state index is 11.8. The van der Waals surface area contributed by atoms with Crippen LogP contribution in [0.2, 0.25) is 5.15 Å². The van der Waals surface area contributed by atoms with Crippen LogP contribution in [0.4, 0.5) is 0 Å². The average molecular weight is 237 g/mol. The summed E-state index contributed by atoms with van der Waals surface area (Å²) in [5.74, 6) is -0.0512. The van der Waals surface area contributed by atoms with Gasteiger partial charge in [-0.25, -0.2) is 4.98 Å². The molecule has 0 bridgehead atoms. The lowest BCUT2D eigenvalue weighted by atomic mass is 10.1. The van der Waals surface area contributed by atoms with Gasteiger partial charge in [-0.3, -0.25) is 9.48 Å². The number of Topliss-reactive ketones (excluding diaryl/α,β-unsaturated/α-hetero) is 1. The molecule has 0 N–H and O–H groups in total. The van der Waals surface area contributed by atoms with Crippen LogP contribution in [0, 0.1) is 0 Å². The molecule has 82 valence electrons. The summed E-state index contributed by atoms with van der Waals surface area (Å²) in [4.78, 5) is 15.6. The highest BCUT2D eigenvalue weighted by molar-refractivity contribution is 6.29. The third-order valence-corrected chi connectivity index (χ3v) is 2.26. The quantitative estimate of drug-likeness (QED) is 0.595. The minimum atomic E-state index is -0.0512. The van der Waals surface area contributed by atoms with Gasteiger partial charge in [-0.2, -0.15) is 0 Å². The lowest BCUT2D eigenvalue weighted by Crippen LogP contribution is -2.04. The van der Waals surface area contributed by atoms with Crippen LogP contribution in [0.15, 0.2) is 24.5 Å². The zero-order chi connectivity index (χ0) is 11.5. The number of ketones is 1. The fourth-order valence-electron chi connectivity index (χ4n) is 1.28. The molecule has 2 aromatic rings. The molecule has 0 amide bonds. The van der Waals surface area contributed by atoms with Gasteiger partial charge in [-0.05, 0) is 12.1 Å². The Morgan fingerprint density at radius 3 is 2.88 bits per heavy atom. The van der Waals surface area contributed by atoms with Gasteiger partial charge in [-0.15, -0.1) is 5.10 Å². The highest BCUT2D eigenvalue weighted by Gasteiger charge is 2.09. The van der Waals surface area contributed by atoms with Gasteiger partial charge in [0.15, 0.2) is 5.78 Å². The Kier molecular flexibility index (Phi) is 2.96. The summed E-state index contributed by atoms with van der Waals surface area (Å²) in [5.41, 5.74) is 1.16. The van der Waals surface area contributed by atoms with Crippen LogP contribution in [0.25, 0.3) is 0 Å². The predicted molar refractivity (Wildman–Crippen MR) is 58.3 cm³/mol. The van der Waals surface area contributed by atoms with Gasteiger partial charge < -0.3 is 0 Å². The van der Waals surface area contributed by atoms with Crippen LogP contribution < -0.4 is 0 Å². The molecule has 0 saturated heterocycles. The van der Waals surface area contributed by atoms with E-state index in [1.165, 1.54) is 6.20 Å². The van der Waals surface area contributed by atoms with E-state index in [-0.39, 0.29) is 12.2 Å². The van der Waals surface area contributed by atoms with Crippen molar-refractivity contribution in [3.05, 3.63) is 40.9 Å². The standard InChI is InChI=1S/C10H9ClN4O/c1-15-6-8(13-14-15)4-9(16)7-2-3-10(11)12-5-7/h2-3,5-6H,4H2,1H3. The van der Waals surface area contributed by atoms with Crippen molar-refractivity contribution >= 4 is 17.4 Å². The normalized spacial score (nSPS) is 10.4. The summed E-state index contributed by atoms with van der Waals surface area (Å²) in [7, 11) is 1.75. The van der Waals surface area contributed by atoms with Crippen LogP contribution in [0.5, 0.6) is 0 Å². The van der Waals surface area contributed by atoms with Gasteiger partial charge in [0.05, 0.1) is 12.1 Å². The third kappa shape index (κ3) is 2.43. The molecule has 16 heavy (non-hydrogen) atoms. The van der Waals surface area contributed by atoms with Crippen molar-refractivity contribution in [1.29, 1.82) is 0 Å². The molecule has 0 aromatic carbocycles. The summed E-state index contributed by atoms with van der Waals surface area (Å²) >= 11 is 5.63. The maximum Gasteiger partial charge on any atom is 0.170 e. The average Bonchev–Trinajstić information content (AvgIpc) is 2.65. The van der Waals surface area contributed by atoms with Gasteiger partial charge >= 0.3 is 0 Å². The van der Waals surface area contributed by atoms with Crippen molar-refractivity contribution in [1.82, 2.24) is 20.0 Å². The van der Waals surface area contributed by atoms with Crippen molar-refractivity contribution in [3.8, 4) is 0 Å². The molecule has 0 saturated carbocycles. The van der Waals surface area contributed by atoms with Crippen molar-refractivity contribution in [2.45, 2.75) is 6.42 Å². The summed E-state index contributed by atoms with van der Waals surface area (Å²) in [6.07, 6.45) is 3.39. The van der Waals surface area contributed by atoms with Gasteiger partial charge in [0.1, 0.15) is 5.15 Å². The zero-order valence-corrected chi connectivity index (χ0v) is 9.35. The highest BCUT2D eigenvalue weighted by Crippen LogP contribution is 2.08. The molecule has 0 aliphatic carbocycles. The number of carbonyl (C=O) groups excluding carboxylic acids is 1. The van der Waals surface area contributed by atoms with Crippen molar-refractivity contribution in [2.24, 2.45) is 7.05 Å². The number of hydrogen-bond donors (Lipinski definition) is 0. The second-order valence-electron chi connectivity index (χ2n) is 3.35. The first-order chi connectivity index (χ1) is 7.65. The van der Waals surface area contributed by atoms with E-state index < -0.39 is 0 Å². The third-order valence-electron chi connectivity index (χ3n) is 2.04. The number of rotatable bonds is 3. The molecular formula is C10H9ClN4O. The smallest absolute Gasteiger partial charge is 0.170 e. The van der Waals surface area contributed by atoms with Crippen LogP contribution in [0.3, 0.4) is 0 Å². The number of nitrogens with zero attached hydrogens (tertiary/aromatic N) is 4. The lowest BCUT2D eigenvalue weighted by molar-refractivity contribution is 0.0991. The van der Waals surface area contributed by atoms with Crippen molar-refractivity contribution in [3.63, 3.8) is 0 Å². The maximum absolute atomic E-state index is 11.8. The first-order valence-electron chi connectivity index (χ1n) is 4.65. The Labute approximate surface area is 97.1 Å². The van der Waals surface area contributed by atoms with E-state index in [0.717, 1.165) is 0 Å². The minimum absolute atomic E-state index is 0.0512. The van der Waals surface area contributed by atoms with E-state index in [0.29, 0.717) is 16.4 Å². The van der Waals surface area contributed by atoms with Gasteiger partial charge in [-0.1, -0.05) is 16.8 Å². The Balaban J connectivity index is 2.11. The van der Waals surface area contributed by atoms with Gasteiger partial charge in [0.25, 0.3) is 0 Å². The number of pyridine rings is 1. The van der Waals surface area contributed by atoms with Crippen LogP contribution in [0.1, 0.15) is 16.1 Å². The van der Waals surface area contributed by atoms with Crippen LogP contribution >= 0.6 is 11.6 Å². The molecule has 2 aromatic heterocycles. The molecule has 0 fully saturated rings. The van der Waals surface area contributed by atoms with E-state index in [4.69, 9.17) is 11.6 Å². The second kappa shape index (κ2) is 4.40. The summed E-state index contributed by atoms with van der Waals surface area (Å²) in [6, 6.07) is 3.24. The zero-order valence-electron chi connectivity index (χ0n) is 8.59. The monoisotopic (exact) mass is 236 g/mol. The van der Waals surface area contributed by atoms with Crippen LogP contribution in [-0.4, -0.2) is 25.8 Å². The molecule has 5 nitrogen and oxygen atoms in total. The molecule has 0 aliphatic heterocycles. The number of hydrogen-bond acceptors (Lipinski definition) is 4. The fraction of sp³-hybridized carbons (Fsp3) is 0.200. The number of aromatic nitrogens is 4. The number of halogens is 1. The highest BCUT2D eigenvalue weighted by atomic mass is 35.5. The first kappa shape index (κ1) is 10.8. The summed E-state index contributed by atoms with van der Waals surface area (Å²) in [6.45, 7) is 0. The SMILES string of the molecule is Cn1cc(CC(=O)c2ccc(Cl)nc2)nn1. The van der Waals surface area contributed by atoms with Crippen molar-refractivity contribution < 1.29 is 4.79 Å². The Hall–Kier alpha value is -1.75. The topological polar surface area (TPSA) is 60.7 Å². The molecule has 6 heteroatoms. The van der Waals surface area contributed by atoms with E-state index >= 15 is 0 Å². The molecule has 0 unspecified atom stereocenters. The van der Waals surface area contributed by atoms with Gasteiger partial charge in [0, 0.05) is 25.0 Å². The van der Waals surface area contributed by atoms with E-state index in [1.807, 2.05) is 0 Å². The van der Waals surface area contributed by atoms with E-state index in [1.54, 1.807) is 30.1 Å². The summed E-state index contributed by atoms with van der Waals surface area (Å²) < 4.78 is 1.56. The molecule has 2 rings (SSSR count). The summed E-state index contributed by atoms with van der Waals surface area (Å²) in [5, 5.41) is 7.97. The Bertz CT molecular complexity index is 506. The lowest BCUT2D eigenvalue weighted by Gasteiger charge is -1.97. The fourth-order valence-corrected chi connectivity index (χ4v) is 1.40. The Morgan fingerprint density at radius 1 is 1.50 bits per heavy atom. The molecule has 2 heterocycles. The number of aryl methyl sites for hydroxylation is 1. The Morgan fingerprint density at radius 2 is 2.31 bits per heavy atom. The van der Waals surface area contributed by atoms with E-state index in [2.05, 4.69) is 15.3 Å². The second-order valence-corrected chi connectivity index (χ2v) is 3.74. The van der Waals surface area contributed by atoms with Gasteiger partial charge in [0.2, 0.25) is 0 Å². The molecule has 0 aliphatic rings. The molecule has 0 radical (unpaired) electrons. The van der Waals surface area contributed by atoms with Crippen LogP contribution in [-0.2, 0) is 13.5 Å². The molecular weight excluding hydrogens is 228 g/mol. The predicted octanol–water partition coefficient (Wildman–Crippen LogP) is 1.29. The molecule has 0 atom stereocenters. The molecule has 0 spiro atoms.